The van der Waals surface area contributed by atoms with Gasteiger partial charge in [0.15, 0.2) is 0 Å². The first-order valence-electron chi connectivity index (χ1n) is 10.4. The lowest BCUT2D eigenvalue weighted by molar-refractivity contribution is -0.321. The molecule has 0 aromatic carbocycles. The van der Waals surface area contributed by atoms with Crippen LogP contribution in [0.2, 0.25) is 0 Å². The summed E-state index contributed by atoms with van der Waals surface area (Å²) < 4.78 is 5.33. The van der Waals surface area contributed by atoms with Gasteiger partial charge in [-0.3, -0.25) is 4.79 Å². The van der Waals surface area contributed by atoms with Crippen molar-refractivity contribution in [3.63, 3.8) is 0 Å². The molecule has 0 radical (unpaired) electrons. The summed E-state index contributed by atoms with van der Waals surface area (Å²) in [6.07, 6.45) is 6.90. The normalized spacial score (nSPS) is 20.9. The summed E-state index contributed by atoms with van der Waals surface area (Å²) in [6.45, 7) is 12.5. The van der Waals surface area contributed by atoms with Gasteiger partial charge >= 0.3 is 12.0 Å². The fraction of sp³-hybridized carbons (Fsp3) is 0.810. The topological polar surface area (TPSA) is 85.9 Å². The third kappa shape index (κ3) is 9.55. The predicted octanol–water partition coefficient (Wildman–Crippen LogP) is 3.74. The SMILES string of the molecule is C=CCOOC1CCC(NC(=O)NCCOC(=O)C(C)(C)CC(C)CC)CC1. The molecule has 0 aliphatic heterocycles. The summed E-state index contributed by atoms with van der Waals surface area (Å²) in [5, 5.41) is 5.70. The fourth-order valence-electron chi connectivity index (χ4n) is 3.33. The number of ether oxygens (including phenoxy) is 1. The van der Waals surface area contributed by atoms with Crippen molar-refractivity contribution in [3.8, 4) is 0 Å². The number of carbonyl (C=O) groups excluding carboxylic acids is 2. The largest absolute Gasteiger partial charge is 0.463 e. The minimum Gasteiger partial charge on any atom is -0.463 e. The van der Waals surface area contributed by atoms with Crippen molar-refractivity contribution in [1.29, 1.82) is 0 Å². The molecule has 1 atom stereocenters. The Balaban J connectivity index is 2.15. The molecule has 1 rings (SSSR count). The molecule has 162 valence electrons. The summed E-state index contributed by atoms with van der Waals surface area (Å²) >= 11 is 0. The Labute approximate surface area is 169 Å². The molecular weight excluding hydrogens is 360 g/mol. The van der Waals surface area contributed by atoms with Crippen LogP contribution in [0.4, 0.5) is 4.79 Å². The summed E-state index contributed by atoms with van der Waals surface area (Å²) in [5.41, 5.74) is -0.506. The van der Waals surface area contributed by atoms with Gasteiger partial charge in [0.25, 0.3) is 0 Å². The van der Waals surface area contributed by atoms with Gasteiger partial charge in [-0.15, -0.1) is 6.58 Å². The van der Waals surface area contributed by atoms with Crippen LogP contribution in [0.15, 0.2) is 12.7 Å². The number of rotatable bonds is 12. The second-order valence-corrected chi connectivity index (χ2v) is 8.28. The van der Waals surface area contributed by atoms with E-state index in [2.05, 4.69) is 31.1 Å². The van der Waals surface area contributed by atoms with Gasteiger partial charge in [-0.2, -0.15) is 0 Å². The molecule has 0 aromatic rings. The van der Waals surface area contributed by atoms with Gasteiger partial charge in [-0.25, -0.2) is 14.6 Å². The first-order valence-corrected chi connectivity index (χ1v) is 10.4. The molecule has 1 aliphatic rings. The van der Waals surface area contributed by atoms with Crippen LogP contribution in [-0.4, -0.2) is 43.9 Å². The Bertz CT molecular complexity index is 487. The number of esters is 1. The zero-order valence-electron chi connectivity index (χ0n) is 17.9. The van der Waals surface area contributed by atoms with Crippen LogP contribution in [0.25, 0.3) is 0 Å². The summed E-state index contributed by atoms with van der Waals surface area (Å²) in [5.74, 6) is 0.257. The van der Waals surface area contributed by atoms with Gasteiger partial charge in [0, 0.05) is 6.04 Å². The van der Waals surface area contributed by atoms with E-state index in [0.717, 1.165) is 38.5 Å². The fourth-order valence-corrected chi connectivity index (χ4v) is 3.33. The van der Waals surface area contributed by atoms with Crippen molar-refractivity contribution in [2.45, 2.75) is 78.4 Å². The van der Waals surface area contributed by atoms with Gasteiger partial charge in [0.05, 0.1) is 18.1 Å². The maximum absolute atomic E-state index is 12.2. The summed E-state index contributed by atoms with van der Waals surface area (Å²) in [7, 11) is 0. The second kappa shape index (κ2) is 12.8. The lowest BCUT2D eigenvalue weighted by atomic mass is 9.82. The number of nitrogens with one attached hydrogen (secondary N) is 2. The summed E-state index contributed by atoms with van der Waals surface area (Å²) in [6, 6.07) is -0.113. The van der Waals surface area contributed by atoms with E-state index in [1.807, 2.05) is 13.8 Å². The highest BCUT2D eigenvalue weighted by Crippen LogP contribution is 2.28. The molecule has 1 saturated carbocycles. The highest BCUT2D eigenvalue weighted by Gasteiger charge is 2.30. The number of carbonyl (C=O) groups is 2. The average Bonchev–Trinajstić information content (AvgIpc) is 2.66. The molecule has 7 nitrogen and oxygen atoms in total. The van der Waals surface area contributed by atoms with E-state index < -0.39 is 5.41 Å². The van der Waals surface area contributed by atoms with Crippen molar-refractivity contribution < 1.29 is 24.1 Å². The zero-order valence-corrected chi connectivity index (χ0v) is 17.9. The van der Waals surface area contributed by atoms with E-state index >= 15 is 0 Å². The van der Waals surface area contributed by atoms with Crippen LogP contribution >= 0.6 is 0 Å². The van der Waals surface area contributed by atoms with Crippen LogP contribution in [0.3, 0.4) is 0 Å². The molecule has 0 bridgehead atoms. The molecule has 0 saturated heterocycles. The van der Waals surface area contributed by atoms with Crippen molar-refractivity contribution in [2.75, 3.05) is 19.8 Å². The third-order valence-corrected chi connectivity index (χ3v) is 5.13. The maximum atomic E-state index is 12.2. The highest BCUT2D eigenvalue weighted by molar-refractivity contribution is 5.76. The zero-order chi connectivity index (χ0) is 21.0. The van der Waals surface area contributed by atoms with Gasteiger partial charge in [-0.1, -0.05) is 26.3 Å². The van der Waals surface area contributed by atoms with E-state index in [1.54, 1.807) is 6.08 Å². The van der Waals surface area contributed by atoms with Crippen LogP contribution in [0, 0.1) is 11.3 Å². The van der Waals surface area contributed by atoms with Crippen molar-refractivity contribution in [3.05, 3.63) is 12.7 Å². The molecule has 1 fully saturated rings. The molecule has 1 aliphatic carbocycles. The maximum Gasteiger partial charge on any atom is 0.315 e. The van der Waals surface area contributed by atoms with Crippen LogP contribution in [0.1, 0.15) is 66.2 Å². The minimum absolute atomic E-state index is 0.0688. The lowest BCUT2D eigenvalue weighted by Gasteiger charge is -2.28. The monoisotopic (exact) mass is 398 g/mol. The third-order valence-electron chi connectivity index (χ3n) is 5.13. The molecule has 0 heterocycles. The molecule has 0 spiro atoms. The van der Waals surface area contributed by atoms with Crippen LogP contribution in [0.5, 0.6) is 0 Å². The Hall–Kier alpha value is -1.60. The number of hydrogen-bond acceptors (Lipinski definition) is 5. The molecule has 2 amide bonds. The van der Waals surface area contributed by atoms with E-state index in [-0.39, 0.29) is 30.8 Å². The average molecular weight is 399 g/mol. The first kappa shape index (κ1) is 24.4. The first-order chi connectivity index (χ1) is 13.3. The van der Waals surface area contributed by atoms with Gasteiger partial charge < -0.3 is 15.4 Å². The van der Waals surface area contributed by atoms with E-state index in [1.165, 1.54) is 0 Å². The minimum atomic E-state index is -0.506. The van der Waals surface area contributed by atoms with E-state index in [0.29, 0.717) is 19.1 Å². The standard InChI is InChI=1S/C21H38N2O5/c1-6-13-27-28-18-10-8-17(9-11-18)23-20(25)22-12-14-26-19(24)21(4,5)15-16(3)7-2/h6,16-18H,1,7-15H2,2-5H3,(H2,22,23,25). The Kier molecular flexibility index (Phi) is 11.2. The number of hydrogen-bond donors (Lipinski definition) is 2. The smallest absolute Gasteiger partial charge is 0.315 e. The van der Waals surface area contributed by atoms with Gasteiger partial charge in [0.2, 0.25) is 0 Å². The van der Waals surface area contributed by atoms with Crippen molar-refractivity contribution in [1.82, 2.24) is 10.6 Å². The quantitative estimate of drug-likeness (QED) is 0.172. The molecular formula is C21H38N2O5. The Morgan fingerprint density at radius 1 is 1.25 bits per heavy atom. The van der Waals surface area contributed by atoms with Crippen molar-refractivity contribution in [2.24, 2.45) is 11.3 Å². The molecule has 28 heavy (non-hydrogen) atoms. The predicted molar refractivity (Wildman–Crippen MR) is 109 cm³/mol. The molecule has 1 unspecified atom stereocenters. The molecule has 0 aromatic heterocycles. The van der Waals surface area contributed by atoms with Crippen LogP contribution < -0.4 is 10.6 Å². The van der Waals surface area contributed by atoms with Crippen molar-refractivity contribution >= 4 is 12.0 Å². The second-order valence-electron chi connectivity index (χ2n) is 8.28. The number of amides is 2. The number of urea groups is 1. The Morgan fingerprint density at radius 3 is 2.54 bits per heavy atom. The lowest BCUT2D eigenvalue weighted by Crippen LogP contribution is -2.45. The Morgan fingerprint density at radius 2 is 1.93 bits per heavy atom. The van der Waals surface area contributed by atoms with Crippen LogP contribution in [-0.2, 0) is 19.3 Å². The van der Waals surface area contributed by atoms with E-state index in [9.17, 15) is 9.59 Å². The molecule has 2 N–H and O–H groups in total. The van der Waals surface area contributed by atoms with Gasteiger partial charge in [-0.05, 0) is 51.9 Å². The van der Waals surface area contributed by atoms with E-state index in [4.69, 9.17) is 14.5 Å². The summed E-state index contributed by atoms with van der Waals surface area (Å²) in [4.78, 5) is 34.5. The highest BCUT2D eigenvalue weighted by atomic mass is 17.2. The molecule has 7 heteroatoms. The van der Waals surface area contributed by atoms with Gasteiger partial charge in [0.1, 0.15) is 13.2 Å².